The van der Waals surface area contributed by atoms with E-state index in [1.54, 1.807) is 27.2 Å². The number of carbonyl (C=O) groups excluding carboxylic acids is 3. The monoisotopic (exact) mass is 752 g/mol. The molecule has 0 spiro atoms. The molecule has 0 saturated heterocycles. The Morgan fingerprint density at radius 1 is 0.574 bits per heavy atom. The molecule has 0 N–H and O–H groups in total. The van der Waals surface area contributed by atoms with Gasteiger partial charge in [0.1, 0.15) is 12.6 Å². The van der Waals surface area contributed by atoms with Crippen LogP contribution in [-0.4, -0.2) is 75.5 Å². The molecule has 2 unspecified atom stereocenters. The van der Waals surface area contributed by atoms with Gasteiger partial charge in [-0.2, -0.15) is 0 Å². The van der Waals surface area contributed by atoms with Crippen LogP contribution in [0, 0.1) is 0 Å². The maximum Gasteiger partial charge on any atom is 0.310 e. The lowest BCUT2D eigenvalue weighted by Gasteiger charge is -2.34. The molecule has 0 aliphatic rings. The Morgan fingerprint density at radius 2 is 1.04 bits per heavy atom. The molecule has 8 nitrogen and oxygen atoms in total. The Morgan fingerprint density at radius 3 is 1.54 bits per heavy atom. The Kier molecular flexibility index (Phi) is 33.7. The van der Waals surface area contributed by atoms with Gasteiger partial charge in [0.2, 0.25) is 0 Å². The van der Waals surface area contributed by atoms with Gasteiger partial charge in [-0.05, 0) is 70.6 Å². The van der Waals surface area contributed by atoms with Crippen LogP contribution in [0.1, 0.15) is 123 Å². The molecule has 0 amide bonds. The van der Waals surface area contributed by atoms with Crippen molar-refractivity contribution in [3.8, 4) is 0 Å². The zero-order valence-electron chi connectivity index (χ0n) is 34.3. The van der Waals surface area contributed by atoms with E-state index in [0.29, 0.717) is 12.8 Å². The molecule has 8 heteroatoms. The van der Waals surface area contributed by atoms with Crippen LogP contribution in [0.15, 0.2) is 97.2 Å². The van der Waals surface area contributed by atoms with Crippen molar-refractivity contribution in [3.05, 3.63) is 97.2 Å². The maximum atomic E-state index is 12.6. The van der Waals surface area contributed by atoms with Crippen LogP contribution in [0.25, 0.3) is 0 Å². The molecule has 0 fully saturated rings. The molecule has 0 saturated carbocycles. The number of hydrogen-bond donors (Lipinski definition) is 0. The Balaban J connectivity index is 4.58. The first-order valence-corrected chi connectivity index (χ1v) is 20.3. The number of likely N-dealkylation sites (N-methyl/N-ethyl adjacent to an activating group) is 1. The summed E-state index contributed by atoms with van der Waals surface area (Å²) in [6, 6.07) is -0.749. The fraction of sp³-hybridized carbons (Fsp3) is 0.587. The number of esters is 2. The number of carboxylic acids is 1. The third-order valence-corrected chi connectivity index (χ3v) is 8.25. The van der Waals surface area contributed by atoms with Gasteiger partial charge in [-0.3, -0.25) is 9.59 Å². The summed E-state index contributed by atoms with van der Waals surface area (Å²) < 4.78 is 17.0. The Bertz CT molecular complexity index is 1200. The highest BCUT2D eigenvalue weighted by molar-refractivity contribution is 5.71. The molecular formula is C46H73NO7. The van der Waals surface area contributed by atoms with Gasteiger partial charge in [0.05, 0.1) is 46.7 Å². The van der Waals surface area contributed by atoms with E-state index in [1.165, 1.54) is 0 Å². The van der Waals surface area contributed by atoms with Crippen molar-refractivity contribution >= 4 is 17.9 Å². The minimum absolute atomic E-state index is 0.0113. The SMILES string of the molecule is CC/C=C\C/C=C\C/C=C\C/C=C\C/C=C\CC(=O)OC(COCCC(C(=O)[O-])[N+](C)(C)C)COC(=O)CCCCCCC/C=C\C/C=C\C/C=C\CC. The number of aliphatic carboxylic acids is 1. The molecule has 2 atom stereocenters. The van der Waals surface area contributed by atoms with E-state index < -0.39 is 24.1 Å². The van der Waals surface area contributed by atoms with E-state index in [9.17, 15) is 19.5 Å². The lowest BCUT2D eigenvalue weighted by molar-refractivity contribution is -0.889. The normalized spacial score (nSPS) is 14.0. The highest BCUT2D eigenvalue weighted by Gasteiger charge is 2.25. The Labute approximate surface area is 328 Å². The third-order valence-electron chi connectivity index (χ3n) is 8.25. The van der Waals surface area contributed by atoms with Gasteiger partial charge in [-0.25, -0.2) is 0 Å². The van der Waals surface area contributed by atoms with Crippen molar-refractivity contribution in [3.63, 3.8) is 0 Å². The summed E-state index contributed by atoms with van der Waals surface area (Å²) in [5, 5.41) is 11.6. The predicted molar refractivity (Wildman–Crippen MR) is 221 cm³/mol. The van der Waals surface area contributed by atoms with E-state index in [4.69, 9.17) is 14.2 Å². The van der Waals surface area contributed by atoms with Gasteiger partial charge < -0.3 is 28.6 Å². The zero-order chi connectivity index (χ0) is 40.0. The molecule has 0 aromatic heterocycles. The van der Waals surface area contributed by atoms with Crippen LogP contribution in [-0.2, 0) is 28.6 Å². The minimum atomic E-state index is -1.15. The molecule has 0 aromatic rings. The molecule has 0 heterocycles. The first-order chi connectivity index (χ1) is 26.1. The molecule has 0 aliphatic heterocycles. The van der Waals surface area contributed by atoms with Crippen molar-refractivity contribution in [1.29, 1.82) is 0 Å². The van der Waals surface area contributed by atoms with Crippen LogP contribution in [0.2, 0.25) is 0 Å². The van der Waals surface area contributed by atoms with Gasteiger partial charge in [-0.15, -0.1) is 0 Å². The van der Waals surface area contributed by atoms with Crippen LogP contribution in [0.3, 0.4) is 0 Å². The Hall–Kier alpha value is -3.75. The first-order valence-electron chi connectivity index (χ1n) is 20.3. The van der Waals surface area contributed by atoms with Crippen molar-refractivity contribution in [1.82, 2.24) is 0 Å². The second kappa shape index (κ2) is 36.2. The molecular weight excluding hydrogens is 679 g/mol. The van der Waals surface area contributed by atoms with Crippen molar-refractivity contribution in [2.75, 3.05) is 41.0 Å². The van der Waals surface area contributed by atoms with Crippen LogP contribution < -0.4 is 5.11 Å². The zero-order valence-corrected chi connectivity index (χ0v) is 34.3. The smallest absolute Gasteiger partial charge is 0.310 e. The van der Waals surface area contributed by atoms with E-state index in [2.05, 4.69) is 98.9 Å². The second-order valence-electron chi connectivity index (χ2n) is 14.1. The fourth-order valence-electron chi connectivity index (χ4n) is 5.16. The summed E-state index contributed by atoms with van der Waals surface area (Å²) in [6.45, 7) is 4.27. The average Bonchev–Trinajstić information content (AvgIpc) is 3.12. The molecule has 0 rings (SSSR count). The van der Waals surface area contributed by atoms with Crippen LogP contribution in [0.4, 0.5) is 0 Å². The summed E-state index contributed by atoms with van der Waals surface area (Å²) in [4.78, 5) is 36.7. The van der Waals surface area contributed by atoms with Crippen molar-refractivity contribution in [2.24, 2.45) is 0 Å². The van der Waals surface area contributed by atoms with Crippen molar-refractivity contribution < 1.29 is 38.2 Å². The molecule has 54 heavy (non-hydrogen) atoms. The largest absolute Gasteiger partial charge is 0.544 e. The van der Waals surface area contributed by atoms with E-state index >= 15 is 0 Å². The lowest BCUT2D eigenvalue weighted by atomic mass is 10.1. The number of rotatable bonds is 34. The van der Waals surface area contributed by atoms with E-state index in [1.807, 2.05) is 6.08 Å². The topological polar surface area (TPSA) is 102 Å². The van der Waals surface area contributed by atoms with Gasteiger partial charge in [0, 0.05) is 12.8 Å². The summed E-state index contributed by atoms with van der Waals surface area (Å²) in [6.07, 6.45) is 47.5. The lowest BCUT2D eigenvalue weighted by Crippen LogP contribution is -2.55. The number of unbranched alkanes of at least 4 members (excludes halogenated alkanes) is 5. The van der Waals surface area contributed by atoms with Gasteiger partial charge >= 0.3 is 11.9 Å². The quantitative estimate of drug-likeness (QED) is 0.0280. The second-order valence-corrected chi connectivity index (χ2v) is 14.1. The summed E-state index contributed by atoms with van der Waals surface area (Å²) in [5.74, 6) is -1.94. The van der Waals surface area contributed by atoms with Gasteiger partial charge in [0.15, 0.2) is 6.10 Å². The number of allylic oxidation sites excluding steroid dienone is 15. The van der Waals surface area contributed by atoms with Gasteiger partial charge in [0.25, 0.3) is 0 Å². The number of carbonyl (C=O) groups is 3. The summed E-state index contributed by atoms with van der Waals surface area (Å²) in [5.41, 5.74) is 0. The van der Waals surface area contributed by atoms with E-state index in [-0.39, 0.29) is 43.1 Å². The molecule has 0 aliphatic carbocycles. The standard InChI is InChI=1S/C46H73NO7/c1-6-8-10-12-14-16-18-20-22-24-26-28-30-32-34-36-44(48)53-41-42(40-52-39-38-43(46(50)51)47(3,4)5)54-45(49)37-35-33-31-29-27-25-23-21-19-17-15-13-11-9-7-2/h8-11,14-17,20-23,27,29,33,35,42-43H,6-7,12-13,18-19,24-26,28,30-32,34,36-41H2,1-5H3/b10-8-,11-9-,16-14-,17-15-,22-20-,23-21-,29-27-,35-33-. The number of nitrogens with zero attached hydrogens (tertiary/aromatic N) is 1. The summed E-state index contributed by atoms with van der Waals surface area (Å²) in [7, 11) is 5.35. The van der Waals surface area contributed by atoms with Crippen molar-refractivity contribution in [2.45, 2.75) is 135 Å². The average molecular weight is 752 g/mol. The van der Waals surface area contributed by atoms with E-state index in [0.717, 1.165) is 83.5 Å². The van der Waals surface area contributed by atoms with Gasteiger partial charge in [-0.1, -0.05) is 130 Å². The highest BCUT2D eigenvalue weighted by atomic mass is 16.6. The number of ether oxygens (including phenoxy) is 3. The maximum absolute atomic E-state index is 12.6. The van der Waals surface area contributed by atoms with Crippen LogP contribution >= 0.6 is 0 Å². The predicted octanol–water partition coefficient (Wildman–Crippen LogP) is 9.40. The minimum Gasteiger partial charge on any atom is -0.544 e. The summed E-state index contributed by atoms with van der Waals surface area (Å²) >= 11 is 0. The molecule has 0 bridgehead atoms. The number of carboxylic acid groups (broad SMARTS) is 1. The first kappa shape index (κ1) is 50.2. The molecule has 304 valence electrons. The third kappa shape index (κ3) is 34.0. The number of hydrogen-bond acceptors (Lipinski definition) is 7. The fourth-order valence-corrected chi connectivity index (χ4v) is 5.16. The number of quaternary nitrogens is 1. The molecule has 0 radical (unpaired) electrons. The van der Waals surface area contributed by atoms with Crippen LogP contribution in [0.5, 0.6) is 0 Å². The molecule has 0 aromatic carbocycles. The highest BCUT2D eigenvalue weighted by Crippen LogP contribution is 2.11.